The van der Waals surface area contributed by atoms with Crippen molar-refractivity contribution in [2.24, 2.45) is 0 Å². The van der Waals surface area contributed by atoms with E-state index in [0.29, 0.717) is 40.0 Å². The highest BCUT2D eigenvalue weighted by atomic mass is 32.1. The Morgan fingerprint density at radius 3 is 2.81 bits per heavy atom. The van der Waals surface area contributed by atoms with Gasteiger partial charge in [-0.05, 0) is 61.7 Å². The number of carbonyl (C=O) groups is 2. The lowest BCUT2D eigenvalue weighted by Gasteiger charge is -2.23. The van der Waals surface area contributed by atoms with Gasteiger partial charge in [-0.25, -0.2) is 0 Å². The number of hydrogen-bond donors (Lipinski definition) is 1. The number of rotatable bonds is 7. The maximum absolute atomic E-state index is 13.4. The molecular weight excluding hydrogens is 478 g/mol. The number of aliphatic hydroxyl groups is 1. The largest absolute Gasteiger partial charge is 0.507 e. The quantitative estimate of drug-likeness (QED) is 0.209. The van der Waals surface area contributed by atoms with E-state index in [2.05, 4.69) is 17.1 Å². The predicted octanol–water partition coefficient (Wildman–Crippen LogP) is 4.98. The minimum absolute atomic E-state index is 0.00507. The Morgan fingerprint density at radius 1 is 1.22 bits per heavy atom. The van der Waals surface area contributed by atoms with Gasteiger partial charge in [0.25, 0.3) is 5.78 Å². The number of aryl methyl sites for hydroxylation is 1. The van der Waals surface area contributed by atoms with Crippen LogP contribution in [0.4, 0.5) is 5.13 Å². The summed E-state index contributed by atoms with van der Waals surface area (Å²) in [5, 5.41) is 20.6. The van der Waals surface area contributed by atoms with Crippen molar-refractivity contribution < 1.29 is 24.2 Å². The zero-order chi connectivity index (χ0) is 25.4. The molecule has 0 aliphatic carbocycles. The van der Waals surface area contributed by atoms with Gasteiger partial charge >= 0.3 is 5.91 Å². The van der Waals surface area contributed by atoms with Gasteiger partial charge in [0.2, 0.25) is 5.13 Å². The Hall–Kier alpha value is -3.72. The van der Waals surface area contributed by atoms with Crippen LogP contribution in [0, 0.1) is 6.92 Å². The molecule has 9 heteroatoms. The van der Waals surface area contributed by atoms with Crippen LogP contribution in [0.2, 0.25) is 0 Å². The Labute approximate surface area is 213 Å². The van der Waals surface area contributed by atoms with Crippen LogP contribution in [0.1, 0.15) is 54.4 Å². The van der Waals surface area contributed by atoms with Crippen molar-refractivity contribution in [3.63, 3.8) is 0 Å². The monoisotopic (exact) mass is 505 g/mol. The van der Waals surface area contributed by atoms with E-state index in [1.165, 1.54) is 16.2 Å². The van der Waals surface area contributed by atoms with Gasteiger partial charge in [0.05, 0.1) is 18.2 Å². The molecule has 2 atom stereocenters. The molecule has 2 aromatic carbocycles. The van der Waals surface area contributed by atoms with E-state index in [9.17, 15) is 14.7 Å². The summed E-state index contributed by atoms with van der Waals surface area (Å²) in [6.07, 6.45) is 2.66. The predicted molar refractivity (Wildman–Crippen MR) is 137 cm³/mol. The first kappa shape index (κ1) is 24.0. The molecule has 2 aliphatic rings. The molecule has 3 aromatic rings. The molecule has 5 rings (SSSR count). The third-order valence-corrected chi connectivity index (χ3v) is 7.11. The second kappa shape index (κ2) is 9.73. The Kier molecular flexibility index (Phi) is 6.49. The Bertz CT molecular complexity index is 1360. The van der Waals surface area contributed by atoms with Crippen LogP contribution in [0.3, 0.4) is 0 Å². The van der Waals surface area contributed by atoms with Crippen molar-refractivity contribution >= 4 is 33.9 Å². The number of nitrogens with zero attached hydrogens (tertiary/aromatic N) is 3. The van der Waals surface area contributed by atoms with Crippen LogP contribution in [0.15, 0.2) is 48.0 Å². The van der Waals surface area contributed by atoms with Gasteiger partial charge in [0, 0.05) is 12.0 Å². The number of fused-ring (bicyclic) bond motifs is 1. The zero-order valence-corrected chi connectivity index (χ0v) is 21.2. The molecule has 186 valence electrons. The van der Waals surface area contributed by atoms with Crippen molar-refractivity contribution in [2.75, 3.05) is 11.5 Å². The van der Waals surface area contributed by atoms with Gasteiger partial charge in [0.15, 0.2) is 0 Å². The number of amides is 1. The first-order valence-electron chi connectivity index (χ1n) is 12.0. The summed E-state index contributed by atoms with van der Waals surface area (Å²) in [5.74, 6) is -0.372. The van der Waals surface area contributed by atoms with E-state index in [4.69, 9.17) is 9.47 Å². The zero-order valence-electron chi connectivity index (χ0n) is 20.4. The molecule has 1 amide bonds. The van der Waals surface area contributed by atoms with Crippen molar-refractivity contribution in [3.8, 4) is 11.5 Å². The Morgan fingerprint density at radius 2 is 2.06 bits per heavy atom. The second-order valence-corrected chi connectivity index (χ2v) is 10.2. The summed E-state index contributed by atoms with van der Waals surface area (Å²) in [6.45, 7) is 6.40. The molecule has 1 N–H and O–H groups in total. The second-order valence-electron chi connectivity index (χ2n) is 9.00. The fraction of sp³-hybridized carbons (Fsp3) is 0.333. The SMILES string of the molecule is CCCCOc1cccc([C@H]2C(=C(O)c3ccc4c(c3)C[C@H](C)O4)C(=O)C(=O)N2c2nnc(C)s2)c1. The Balaban J connectivity index is 1.63. The molecule has 0 spiro atoms. The first-order valence-corrected chi connectivity index (χ1v) is 12.8. The van der Waals surface area contributed by atoms with E-state index in [1.54, 1.807) is 25.1 Å². The van der Waals surface area contributed by atoms with Crippen LogP contribution < -0.4 is 14.4 Å². The molecule has 0 radical (unpaired) electrons. The van der Waals surface area contributed by atoms with Crippen molar-refractivity contribution in [3.05, 3.63) is 69.7 Å². The van der Waals surface area contributed by atoms with Gasteiger partial charge in [-0.15, -0.1) is 10.2 Å². The van der Waals surface area contributed by atoms with Gasteiger partial charge in [-0.1, -0.05) is 36.8 Å². The first-order chi connectivity index (χ1) is 17.4. The van der Waals surface area contributed by atoms with Crippen LogP contribution in [-0.2, 0) is 16.0 Å². The highest BCUT2D eigenvalue weighted by Gasteiger charge is 2.48. The number of aromatic nitrogens is 2. The molecule has 8 nitrogen and oxygen atoms in total. The van der Waals surface area contributed by atoms with Gasteiger partial charge in [-0.2, -0.15) is 0 Å². The number of unbranched alkanes of at least 4 members (excludes halogenated alkanes) is 1. The van der Waals surface area contributed by atoms with Crippen LogP contribution >= 0.6 is 11.3 Å². The highest BCUT2D eigenvalue weighted by Crippen LogP contribution is 2.44. The van der Waals surface area contributed by atoms with E-state index >= 15 is 0 Å². The molecule has 1 aromatic heterocycles. The number of hydrogen-bond acceptors (Lipinski definition) is 8. The maximum atomic E-state index is 13.4. The van der Waals surface area contributed by atoms with E-state index < -0.39 is 17.7 Å². The lowest BCUT2D eigenvalue weighted by molar-refractivity contribution is -0.132. The normalized spacial score (nSPS) is 20.5. The van der Waals surface area contributed by atoms with Crippen LogP contribution in [0.25, 0.3) is 5.76 Å². The third kappa shape index (κ3) is 4.35. The molecule has 0 unspecified atom stereocenters. The lowest BCUT2D eigenvalue weighted by atomic mass is 9.94. The minimum atomic E-state index is -0.879. The number of Topliss-reactive ketones (excluding diaryl/α,β-unsaturated/α-hetero) is 1. The average Bonchev–Trinajstić information content (AvgIpc) is 3.53. The molecule has 0 bridgehead atoms. The summed E-state index contributed by atoms with van der Waals surface area (Å²) in [7, 11) is 0. The summed E-state index contributed by atoms with van der Waals surface area (Å²) < 4.78 is 11.7. The summed E-state index contributed by atoms with van der Waals surface area (Å²) in [6, 6.07) is 11.7. The fourth-order valence-corrected chi connectivity index (χ4v) is 5.28. The minimum Gasteiger partial charge on any atom is -0.507 e. The molecule has 0 saturated carbocycles. The molecule has 1 saturated heterocycles. The van der Waals surface area contributed by atoms with Gasteiger partial charge in [-0.3, -0.25) is 14.5 Å². The van der Waals surface area contributed by atoms with Crippen LogP contribution in [-0.4, -0.2) is 39.7 Å². The molecule has 2 aliphatic heterocycles. The molecular formula is C27H27N3O5S. The highest BCUT2D eigenvalue weighted by molar-refractivity contribution is 7.15. The number of benzene rings is 2. The maximum Gasteiger partial charge on any atom is 0.301 e. The third-order valence-electron chi connectivity index (χ3n) is 6.28. The number of carbonyl (C=O) groups excluding carboxylic acids is 2. The van der Waals surface area contributed by atoms with E-state index in [1.807, 2.05) is 31.2 Å². The molecule has 3 heterocycles. The molecule has 1 fully saturated rings. The standard InChI is InChI=1S/C27H27N3O5S/c1-4-5-11-34-20-8-6-7-17(14-20)23-22(25(32)26(33)30(23)27-29-28-16(3)36-27)24(31)18-9-10-21-19(13-18)12-15(2)35-21/h6-10,13-15,23,31H,4-5,11-12H2,1-3H3/t15-,23-/m0/s1. The van der Waals surface area contributed by atoms with Gasteiger partial charge < -0.3 is 14.6 Å². The van der Waals surface area contributed by atoms with E-state index in [-0.39, 0.29) is 17.4 Å². The lowest BCUT2D eigenvalue weighted by Crippen LogP contribution is -2.29. The topological polar surface area (TPSA) is 102 Å². The number of ether oxygens (including phenoxy) is 2. The summed E-state index contributed by atoms with van der Waals surface area (Å²) in [5.41, 5.74) is 2.04. The van der Waals surface area contributed by atoms with Gasteiger partial charge in [0.1, 0.15) is 28.4 Å². The molecule has 36 heavy (non-hydrogen) atoms. The summed E-state index contributed by atoms with van der Waals surface area (Å²) in [4.78, 5) is 28.0. The van der Waals surface area contributed by atoms with Crippen LogP contribution in [0.5, 0.6) is 11.5 Å². The summed E-state index contributed by atoms with van der Waals surface area (Å²) >= 11 is 1.21. The van der Waals surface area contributed by atoms with Crippen molar-refractivity contribution in [1.82, 2.24) is 10.2 Å². The number of aliphatic hydroxyl groups excluding tert-OH is 1. The average molecular weight is 506 g/mol. The number of ketones is 1. The smallest absolute Gasteiger partial charge is 0.301 e. The fourth-order valence-electron chi connectivity index (χ4n) is 4.56. The van der Waals surface area contributed by atoms with Crippen molar-refractivity contribution in [1.29, 1.82) is 0 Å². The van der Waals surface area contributed by atoms with E-state index in [0.717, 1.165) is 24.2 Å². The van der Waals surface area contributed by atoms with Crippen molar-refractivity contribution in [2.45, 2.75) is 52.2 Å². The number of anilines is 1.